The molecule has 128 valence electrons. The van der Waals surface area contributed by atoms with Crippen molar-refractivity contribution in [2.45, 2.75) is 45.1 Å². The molecule has 4 heteroatoms. The standard InChI is InChI=1S/C20H24FNO2/c1-14-9-10-18(17-7-5-4-6-8-17)11-20(14,21)19(23)22-12-15(2)24-16(3)13-22/h4-10,15-16H,11-13H2,1-3H3. The lowest BCUT2D eigenvalue weighted by Crippen LogP contribution is -2.55. The molecule has 1 fully saturated rings. The molecule has 1 amide bonds. The molecule has 1 saturated heterocycles. The van der Waals surface area contributed by atoms with Crippen LogP contribution in [0.3, 0.4) is 0 Å². The van der Waals surface area contributed by atoms with E-state index in [1.54, 1.807) is 17.9 Å². The van der Waals surface area contributed by atoms with Crippen LogP contribution in [0.5, 0.6) is 0 Å². The van der Waals surface area contributed by atoms with E-state index in [0.29, 0.717) is 18.7 Å². The number of allylic oxidation sites excluding steroid dienone is 3. The highest BCUT2D eigenvalue weighted by Gasteiger charge is 2.46. The average molecular weight is 329 g/mol. The van der Waals surface area contributed by atoms with Crippen molar-refractivity contribution in [3.63, 3.8) is 0 Å². The summed E-state index contributed by atoms with van der Waals surface area (Å²) in [6, 6.07) is 9.68. The molecule has 1 heterocycles. The number of hydrogen-bond donors (Lipinski definition) is 0. The van der Waals surface area contributed by atoms with Gasteiger partial charge in [0.1, 0.15) is 0 Å². The van der Waals surface area contributed by atoms with Crippen LogP contribution in [-0.4, -0.2) is 41.8 Å². The Morgan fingerprint density at radius 1 is 1.17 bits per heavy atom. The number of amides is 1. The number of ether oxygens (including phenoxy) is 1. The van der Waals surface area contributed by atoms with Crippen LogP contribution in [0.2, 0.25) is 0 Å². The molecule has 1 aliphatic heterocycles. The van der Waals surface area contributed by atoms with Gasteiger partial charge in [0, 0.05) is 19.5 Å². The van der Waals surface area contributed by atoms with E-state index in [1.165, 1.54) is 0 Å². The molecular weight excluding hydrogens is 305 g/mol. The van der Waals surface area contributed by atoms with Gasteiger partial charge in [0.2, 0.25) is 5.67 Å². The Balaban J connectivity index is 1.85. The Morgan fingerprint density at radius 3 is 2.42 bits per heavy atom. The fraction of sp³-hybridized carbons (Fsp3) is 0.450. The summed E-state index contributed by atoms with van der Waals surface area (Å²) >= 11 is 0. The summed E-state index contributed by atoms with van der Waals surface area (Å²) in [6.07, 6.45) is 3.59. The SMILES string of the molecule is CC1=CC=C(c2ccccc2)CC1(F)C(=O)N1CC(C)OC(C)C1. The van der Waals surface area contributed by atoms with E-state index in [1.807, 2.05) is 50.3 Å². The first-order chi connectivity index (χ1) is 11.4. The zero-order chi connectivity index (χ0) is 17.3. The molecule has 1 aliphatic carbocycles. The number of rotatable bonds is 2. The molecule has 1 aromatic carbocycles. The molecule has 24 heavy (non-hydrogen) atoms. The van der Waals surface area contributed by atoms with Gasteiger partial charge >= 0.3 is 0 Å². The number of halogens is 1. The fourth-order valence-electron chi connectivity index (χ4n) is 3.51. The molecule has 0 spiro atoms. The second-order valence-electron chi connectivity index (χ2n) is 6.85. The van der Waals surface area contributed by atoms with Gasteiger partial charge in [0.05, 0.1) is 12.2 Å². The third kappa shape index (κ3) is 3.16. The van der Waals surface area contributed by atoms with E-state index in [0.717, 1.165) is 11.1 Å². The predicted octanol–water partition coefficient (Wildman–Crippen LogP) is 3.76. The zero-order valence-electron chi connectivity index (χ0n) is 14.5. The normalized spacial score (nSPS) is 30.6. The number of carbonyl (C=O) groups excluding carboxylic acids is 1. The van der Waals surface area contributed by atoms with E-state index >= 15 is 4.39 Å². The number of nitrogens with zero attached hydrogens (tertiary/aromatic N) is 1. The van der Waals surface area contributed by atoms with Crippen molar-refractivity contribution in [2.24, 2.45) is 0 Å². The Morgan fingerprint density at radius 2 is 1.79 bits per heavy atom. The van der Waals surface area contributed by atoms with Crippen molar-refractivity contribution in [2.75, 3.05) is 13.1 Å². The smallest absolute Gasteiger partial charge is 0.265 e. The van der Waals surface area contributed by atoms with E-state index < -0.39 is 11.6 Å². The summed E-state index contributed by atoms with van der Waals surface area (Å²) in [6.45, 7) is 6.40. The van der Waals surface area contributed by atoms with Crippen LogP contribution >= 0.6 is 0 Å². The molecule has 3 atom stereocenters. The topological polar surface area (TPSA) is 29.5 Å². The van der Waals surface area contributed by atoms with Crippen LogP contribution in [-0.2, 0) is 9.53 Å². The van der Waals surface area contributed by atoms with Gasteiger partial charge in [-0.25, -0.2) is 4.39 Å². The van der Waals surface area contributed by atoms with Crippen molar-refractivity contribution in [3.8, 4) is 0 Å². The van der Waals surface area contributed by atoms with E-state index in [9.17, 15) is 4.79 Å². The fourth-order valence-corrected chi connectivity index (χ4v) is 3.51. The molecule has 0 aromatic heterocycles. The third-order valence-electron chi connectivity index (χ3n) is 4.78. The number of benzene rings is 1. The zero-order valence-corrected chi connectivity index (χ0v) is 14.5. The first-order valence-electron chi connectivity index (χ1n) is 8.47. The lowest BCUT2D eigenvalue weighted by Gasteiger charge is -2.40. The van der Waals surface area contributed by atoms with E-state index in [2.05, 4.69) is 0 Å². The lowest BCUT2D eigenvalue weighted by molar-refractivity contribution is -0.153. The molecule has 3 nitrogen and oxygen atoms in total. The highest BCUT2D eigenvalue weighted by Crippen LogP contribution is 2.39. The molecule has 0 bridgehead atoms. The van der Waals surface area contributed by atoms with E-state index in [4.69, 9.17) is 4.74 Å². The first-order valence-corrected chi connectivity index (χ1v) is 8.47. The Labute approximate surface area is 142 Å². The number of morpholine rings is 1. The minimum Gasteiger partial charge on any atom is -0.372 e. The van der Waals surface area contributed by atoms with Gasteiger partial charge in [-0.15, -0.1) is 0 Å². The summed E-state index contributed by atoms with van der Waals surface area (Å²) in [5, 5.41) is 0. The first kappa shape index (κ1) is 16.9. The Hall–Kier alpha value is -1.94. The summed E-state index contributed by atoms with van der Waals surface area (Å²) in [7, 11) is 0. The summed E-state index contributed by atoms with van der Waals surface area (Å²) in [5.74, 6) is -0.445. The van der Waals surface area contributed by atoms with Gasteiger partial charge in [-0.05, 0) is 37.5 Å². The van der Waals surface area contributed by atoms with Gasteiger partial charge < -0.3 is 9.64 Å². The summed E-state index contributed by atoms with van der Waals surface area (Å²) in [5.41, 5.74) is 0.307. The van der Waals surface area contributed by atoms with Gasteiger partial charge in [-0.3, -0.25) is 4.79 Å². The van der Waals surface area contributed by atoms with Crippen LogP contribution in [0.15, 0.2) is 48.1 Å². The highest BCUT2D eigenvalue weighted by molar-refractivity contribution is 5.92. The average Bonchev–Trinajstić information content (AvgIpc) is 2.56. The maximum atomic E-state index is 15.8. The maximum absolute atomic E-state index is 15.8. The van der Waals surface area contributed by atoms with E-state index in [-0.39, 0.29) is 18.6 Å². The van der Waals surface area contributed by atoms with Crippen LogP contribution in [0, 0.1) is 0 Å². The second kappa shape index (κ2) is 6.52. The van der Waals surface area contributed by atoms with Gasteiger partial charge in [-0.1, -0.05) is 42.5 Å². The quantitative estimate of drug-likeness (QED) is 0.827. The predicted molar refractivity (Wildman–Crippen MR) is 93.2 cm³/mol. The van der Waals surface area contributed by atoms with Crippen LogP contribution in [0.4, 0.5) is 4.39 Å². The van der Waals surface area contributed by atoms with Gasteiger partial charge in [0.25, 0.3) is 5.91 Å². The van der Waals surface area contributed by atoms with Crippen LogP contribution in [0.1, 0.15) is 32.8 Å². The molecule has 0 saturated carbocycles. The van der Waals surface area contributed by atoms with Gasteiger partial charge in [-0.2, -0.15) is 0 Å². The molecule has 0 N–H and O–H groups in total. The number of carbonyl (C=O) groups is 1. The number of alkyl halides is 1. The van der Waals surface area contributed by atoms with Crippen LogP contribution < -0.4 is 0 Å². The van der Waals surface area contributed by atoms with Crippen molar-refractivity contribution < 1.29 is 13.9 Å². The number of hydrogen-bond acceptors (Lipinski definition) is 2. The van der Waals surface area contributed by atoms with Crippen molar-refractivity contribution in [1.29, 1.82) is 0 Å². The van der Waals surface area contributed by atoms with Crippen molar-refractivity contribution in [3.05, 3.63) is 53.6 Å². The molecular formula is C20H24FNO2. The Kier molecular flexibility index (Phi) is 4.59. The van der Waals surface area contributed by atoms with Crippen molar-refractivity contribution in [1.82, 2.24) is 4.90 Å². The third-order valence-corrected chi connectivity index (χ3v) is 4.78. The molecule has 1 aromatic rings. The largest absolute Gasteiger partial charge is 0.372 e. The van der Waals surface area contributed by atoms with Crippen LogP contribution in [0.25, 0.3) is 5.57 Å². The van der Waals surface area contributed by atoms with Gasteiger partial charge in [0.15, 0.2) is 0 Å². The molecule has 3 unspecified atom stereocenters. The summed E-state index contributed by atoms with van der Waals surface area (Å²) in [4.78, 5) is 14.6. The second-order valence-corrected chi connectivity index (χ2v) is 6.85. The molecule has 2 aliphatic rings. The molecule has 3 rings (SSSR count). The Bertz CT molecular complexity index is 672. The van der Waals surface area contributed by atoms with Crippen molar-refractivity contribution >= 4 is 11.5 Å². The maximum Gasteiger partial charge on any atom is 0.265 e. The monoisotopic (exact) mass is 329 g/mol. The minimum absolute atomic E-state index is 0.0710. The highest BCUT2D eigenvalue weighted by atomic mass is 19.1. The minimum atomic E-state index is -1.98. The summed E-state index contributed by atoms with van der Waals surface area (Å²) < 4.78 is 21.5. The lowest BCUT2D eigenvalue weighted by atomic mass is 9.81. The molecule has 0 radical (unpaired) electrons.